The number of aromatic amines is 2. The minimum Gasteiger partial charge on any atom is -0.341 e. The molecule has 0 spiro atoms. The lowest BCUT2D eigenvalue weighted by atomic mass is 10.1. The summed E-state index contributed by atoms with van der Waals surface area (Å²) in [5.41, 5.74) is 4.07. The Morgan fingerprint density at radius 3 is 2.37 bits per heavy atom. The van der Waals surface area contributed by atoms with Crippen LogP contribution < -0.4 is 5.32 Å². The number of nitrogens with one attached hydrogen (secondary N) is 3. The molecule has 2 aromatic heterocycles. The summed E-state index contributed by atoms with van der Waals surface area (Å²) >= 11 is 0. The molecule has 27 heavy (non-hydrogen) atoms. The molecule has 0 bridgehead atoms. The molecule has 0 aliphatic rings. The summed E-state index contributed by atoms with van der Waals surface area (Å²) in [5.74, 6) is 0.472. The summed E-state index contributed by atoms with van der Waals surface area (Å²) < 4.78 is 0. The van der Waals surface area contributed by atoms with Gasteiger partial charge in [0.1, 0.15) is 11.5 Å². The van der Waals surface area contributed by atoms with E-state index in [1.807, 2.05) is 67.6 Å². The van der Waals surface area contributed by atoms with Gasteiger partial charge in [-0.15, -0.1) is 0 Å². The Balaban J connectivity index is 1.46. The fourth-order valence-electron chi connectivity index (χ4n) is 2.86. The van der Waals surface area contributed by atoms with Crippen LogP contribution in [0.25, 0.3) is 22.5 Å². The monoisotopic (exact) mass is 357 g/mol. The molecule has 6 nitrogen and oxygen atoms in total. The molecule has 6 heteroatoms. The zero-order valence-corrected chi connectivity index (χ0v) is 14.8. The van der Waals surface area contributed by atoms with Gasteiger partial charge in [-0.05, 0) is 18.6 Å². The fourth-order valence-corrected chi connectivity index (χ4v) is 2.86. The van der Waals surface area contributed by atoms with Crippen LogP contribution in [0.3, 0.4) is 0 Å². The van der Waals surface area contributed by atoms with E-state index in [0.717, 1.165) is 22.5 Å². The Morgan fingerprint density at radius 2 is 1.67 bits per heavy atom. The van der Waals surface area contributed by atoms with E-state index in [9.17, 15) is 4.79 Å². The molecule has 0 radical (unpaired) electrons. The minimum absolute atomic E-state index is 0.227. The first-order valence-electron chi connectivity index (χ1n) is 8.73. The highest BCUT2D eigenvalue weighted by Gasteiger charge is 2.17. The third-order valence-corrected chi connectivity index (χ3v) is 4.33. The van der Waals surface area contributed by atoms with Gasteiger partial charge in [0.15, 0.2) is 0 Å². The topological polar surface area (TPSA) is 86.5 Å². The molecule has 2 heterocycles. The molecule has 0 aliphatic carbocycles. The molecule has 0 fully saturated rings. The predicted octanol–water partition coefficient (Wildman–Crippen LogP) is 3.96. The normalized spacial score (nSPS) is 11.9. The van der Waals surface area contributed by atoms with Crippen LogP contribution in [0.5, 0.6) is 0 Å². The molecule has 3 N–H and O–H groups in total. The summed E-state index contributed by atoms with van der Waals surface area (Å²) in [4.78, 5) is 20.2. The fraction of sp³-hybridized carbons (Fsp3) is 0.0952. The summed E-state index contributed by atoms with van der Waals surface area (Å²) in [6, 6.07) is 21.1. The first kappa shape index (κ1) is 16.8. The van der Waals surface area contributed by atoms with Crippen LogP contribution in [0.4, 0.5) is 0 Å². The highest BCUT2D eigenvalue weighted by molar-refractivity contribution is 5.93. The van der Waals surface area contributed by atoms with Crippen molar-refractivity contribution in [1.29, 1.82) is 0 Å². The molecular weight excluding hydrogens is 338 g/mol. The summed E-state index contributed by atoms with van der Waals surface area (Å²) in [6.07, 6.45) is 1.77. The maximum absolute atomic E-state index is 12.5. The van der Waals surface area contributed by atoms with E-state index in [2.05, 4.69) is 25.5 Å². The van der Waals surface area contributed by atoms with Crippen molar-refractivity contribution in [2.24, 2.45) is 0 Å². The first-order valence-corrected chi connectivity index (χ1v) is 8.73. The van der Waals surface area contributed by atoms with Crippen molar-refractivity contribution in [2.45, 2.75) is 13.0 Å². The van der Waals surface area contributed by atoms with Gasteiger partial charge in [0.2, 0.25) is 0 Å². The smallest absolute Gasteiger partial charge is 0.269 e. The van der Waals surface area contributed by atoms with Gasteiger partial charge in [0.25, 0.3) is 5.91 Å². The van der Waals surface area contributed by atoms with Crippen molar-refractivity contribution >= 4 is 5.91 Å². The number of H-pyrrole nitrogens is 2. The Bertz CT molecular complexity index is 1040. The van der Waals surface area contributed by atoms with Gasteiger partial charge < -0.3 is 10.3 Å². The molecule has 1 amide bonds. The first-order chi connectivity index (χ1) is 13.2. The van der Waals surface area contributed by atoms with Gasteiger partial charge in [-0.3, -0.25) is 9.89 Å². The lowest BCUT2D eigenvalue weighted by molar-refractivity contribution is 0.0933. The number of hydrogen-bond donors (Lipinski definition) is 3. The molecule has 1 atom stereocenters. The van der Waals surface area contributed by atoms with Crippen molar-refractivity contribution in [3.8, 4) is 22.5 Å². The van der Waals surface area contributed by atoms with E-state index in [1.165, 1.54) is 0 Å². The number of hydrogen-bond acceptors (Lipinski definition) is 3. The van der Waals surface area contributed by atoms with Gasteiger partial charge >= 0.3 is 0 Å². The van der Waals surface area contributed by atoms with Gasteiger partial charge in [0.05, 0.1) is 23.6 Å². The zero-order valence-electron chi connectivity index (χ0n) is 14.8. The van der Waals surface area contributed by atoms with Crippen LogP contribution in [0.1, 0.15) is 29.3 Å². The Labute approximate surface area is 156 Å². The Hall–Kier alpha value is -3.67. The third-order valence-electron chi connectivity index (χ3n) is 4.33. The minimum atomic E-state index is -0.265. The number of carbonyl (C=O) groups is 1. The van der Waals surface area contributed by atoms with Crippen LogP contribution in [0.15, 0.2) is 72.9 Å². The van der Waals surface area contributed by atoms with Gasteiger partial charge in [-0.1, -0.05) is 60.7 Å². The van der Waals surface area contributed by atoms with Gasteiger partial charge in [0, 0.05) is 5.56 Å². The number of rotatable bonds is 5. The van der Waals surface area contributed by atoms with Crippen molar-refractivity contribution in [1.82, 2.24) is 25.5 Å². The van der Waals surface area contributed by atoms with Crippen LogP contribution >= 0.6 is 0 Å². The Kier molecular flexibility index (Phi) is 4.53. The van der Waals surface area contributed by atoms with Gasteiger partial charge in [-0.2, -0.15) is 5.10 Å². The van der Waals surface area contributed by atoms with E-state index >= 15 is 0 Å². The van der Waals surface area contributed by atoms with Gasteiger partial charge in [-0.25, -0.2) is 4.98 Å². The molecule has 1 unspecified atom stereocenters. The van der Waals surface area contributed by atoms with Crippen molar-refractivity contribution in [2.75, 3.05) is 0 Å². The number of imidazole rings is 1. The molecule has 134 valence electrons. The van der Waals surface area contributed by atoms with E-state index in [1.54, 1.807) is 12.3 Å². The maximum Gasteiger partial charge on any atom is 0.269 e. The van der Waals surface area contributed by atoms with E-state index in [4.69, 9.17) is 0 Å². The average molecular weight is 357 g/mol. The molecule has 4 rings (SSSR count). The second-order valence-corrected chi connectivity index (χ2v) is 6.28. The van der Waals surface area contributed by atoms with Crippen LogP contribution in [0.2, 0.25) is 0 Å². The number of nitrogens with zero attached hydrogens (tertiary/aromatic N) is 2. The predicted molar refractivity (Wildman–Crippen MR) is 104 cm³/mol. The highest BCUT2D eigenvalue weighted by Crippen LogP contribution is 2.20. The number of carbonyl (C=O) groups excluding carboxylic acids is 1. The number of aromatic nitrogens is 4. The summed E-state index contributed by atoms with van der Waals surface area (Å²) in [6.45, 7) is 1.89. The third kappa shape index (κ3) is 3.64. The molecule has 0 aliphatic heterocycles. The molecule has 4 aromatic rings. The van der Waals surface area contributed by atoms with Crippen molar-refractivity contribution < 1.29 is 4.79 Å². The number of benzene rings is 2. The molecule has 0 saturated carbocycles. The lowest BCUT2D eigenvalue weighted by Crippen LogP contribution is -2.27. The van der Waals surface area contributed by atoms with E-state index in [-0.39, 0.29) is 11.9 Å². The number of amides is 1. The summed E-state index contributed by atoms with van der Waals surface area (Å²) in [7, 11) is 0. The maximum atomic E-state index is 12.5. The van der Waals surface area contributed by atoms with Crippen LogP contribution in [0, 0.1) is 0 Å². The van der Waals surface area contributed by atoms with E-state index < -0.39 is 0 Å². The standard InChI is InChI=1S/C21H19N5O/c1-14(20-22-13-19(24-20)16-10-6-3-7-11-16)23-21(27)18-12-17(25-26-18)15-8-4-2-5-9-15/h2-14H,1H3,(H,22,24)(H,23,27)(H,25,26). The molecule has 2 aromatic carbocycles. The van der Waals surface area contributed by atoms with Crippen LogP contribution in [-0.4, -0.2) is 26.1 Å². The molecule has 0 saturated heterocycles. The SMILES string of the molecule is CC(NC(=O)c1cc(-c2ccccc2)n[nH]1)c1ncc(-c2ccccc2)[nH]1. The zero-order chi connectivity index (χ0) is 18.6. The highest BCUT2D eigenvalue weighted by atomic mass is 16.2. The van der Waals surface area contributed by atoms with Crippen molar-refractivity contribution in [3.05, 3.63) is 84.4 Å². The second kappa shape index (κ2) is 7.29. The quantitative estimate of drug-likeness (QED) is 0.505. The van der Waals surface area contributed by atoms with Crippen molar-refractivity contribution in [3.63, 3.8) is 0 Å². The average Bonchev–Trinajstić information content (AvgIpc) is 3.39. The lowest BCUT2D eigenvalue weighted by Gasteiger charge is -2.10. The Morgan fingerprint density at radius 1 is 1.00 bits per heavy atom. The summed E-state index contributed by atoms with van der Waals surface area (Å²) in [5, 5.41) is 9.96. The van der Waals surface area contributed by atoms with E-state index in [0.29, 0.717) is 11.5 Å². The van der Waals surface area contributed by atoms with Crippen LogP contribution in [-0.2, 0) is 0 Å². The largest absolute Gasteiger partial charge is 0.341 e. The second-order valence-electron chi connectivity index (χ2n) is 6.28. The molecular formula is C21H19N5O.